The fourth-order valence-electron chi connectivity index (χ4n) is 3.37. The van der Waals surface area contributed by atoms with Crippen LogP contribution in [0, 0.1) is 18.3 Å². The molecule has 1 N–H and O–H groups in total. The molecule has 0 radical (unpaired) electrons. The van der Waals surface area contributed by atoms with Crippen LogP contribution < -0.4 is 4.31 Å². The third-order valence-electron chi connectivity index (χ3n) is 4.59. The Labute approximate surface area is 185 Å². The van der Waals surface area contributed by atoms with E-state index in [-0.39, 0.29) is 25.5 Å². The van der Waals surface area contributed by atoms with Gasteiger partial charge in [-0.2, -0.15) is 5.26 Å². The van der Waals surface area contributed by atoms with Crippen molar-refractivity contribution in [3.05, 3.63) is 47.3 Å². The highest BCUT2D eigenvalue weighted by molar-refractivity contribution is 7.81. The minimum Gasteiger partial charge on any atom is -0.465 e. The van der Waals surface area contributed by atoms with Gasteiger partial charge in [-0.3, -0.25) is 4.79 Å². The van der Waals surface area contributed by atoms with E-state index in [1.54, 1.807) is 20.8 Å². The van der Waals surface area contributed by atoms with Gasteiger partial charge in [-0.1, -0.05) is 43.1 Å². The molecule has 1 aromatic carbocycles. The van der Waals surface area contributed by atoms with Gasteiger partial charge in [0.15, 0.2) is 5.69 Å². The number of nitriles is 1. The number of nitrogens with zero attached hydrogens (tertiary/aromatic N) is 3. The van der Waals surface area contributed by atoms with Crippen molar-refractivity contribution in [2.24, 2.45) is 0 Å². The first kappa shape index (κ1) is 22.2. The molecule has 0 fully saturated rings. The highest BCUT2D eigenvalue weighted by Crippen LogP contribution is 2.41. The van der Waals surface area contributed by atoms with E-state index >= 15 is 0 Å². The summed E-state index contributed by atoms with van der Waals surface area (Å²) in [4.78, 5) is 32.3. The van der Waals surface area contributed by atoms with Crippen molar-refractivity contribution in [1.29, 1.82) is 5.26 Å². The number of thiol groups is 1. The van der Waals surface area contributed by atoms with E-state index in [0.29, 0.717) is 33.5 Å². The van der Waals surface area contributed by atoms with E-state index in [1.165, 1.54) is 4.31 Å². The van der Waals surface area contributed by atoms with Crippen molar-refractivity contribution in [2.45, 2.75) is 20.8 Å². The molecule has 0 bridgehead atoms. The number of hydrogen-bond acceptors (Lipinski definition) is 8. The number of aryl methyl sites for hydroxylation is 1. The fourth-order valence-corrected chi connectivity index (χ4v) is 3.69. The molecule has 3 rings (SSSR count). The molecule has 2 aromatic heterocycles. The number of ether oxygens (including phenoxy) is 2. The maximum absolute atomic E-state index is 12.7. The number of benzene rings is 1. The van der Waals surface area contributed by atoms with Gasteiger partial charge in [0, 0.05) is 5.56 Å². The average Bonchev–Trinajstić information content (AvgIpc) is 3.12. The summed E-state index contributed by atoms with van der Waals surface area (Å²) in [6.07, 6.45) is 0. The van der Waals surface area contributed by atoms with Crippen molar-refractivity contribution in [2.75, 3.05) is 24.1 Å². The first-order valence-electron chi connectivity index (χ1n) is 9.73. The Morgan fingerprint density at radius 3 is 2.48 bits per heavy atom. The van der Waals surface area contributed by atoms with Crippen LogP contribution in [0.1, 0.15) is 35.6 Å². The van der Waals surface area contributed by atoms with Gasteiger partial charge < -0.3 is 18.8 Å². The Bertz CT molecular complexity index is 1170. The normalized spacial score (nSPS) is 10.5. The molecule has 3 aromatic rings. The van der Waals surface area contributed by atoms with Gasteiger partial charge in [0.2, 0.25) is 0 Å². The highest BCUT2D eigenvalue weighted by Gasteiger charge is 2.29. The van der Waals surface area contributed by atoms with Crippen LogP contribution in [0.15, 0.2) is 30.3 Å². The third kappa shape index (κ3) is 4.34. The van der Waals surface area contributed by atoms with Gasteiger partial charge in [0.1, 0.15) is 18.3 Å². The Hall–Kier alpha value is -3.51. The molecule has 0 amide bonds. The minimum absolute atomic E-state index is 0.0929. The summed E-state index contributed by atoms with van der Waals surface area (Å²) in [5.41, 5.74) is 3.01. The topological polar surface area (TPSA) is 108 Å². The monoisotopic (exact) mass is 438 g/mol. The maximum Gasteiger partial charge on any atom is 0.357 e. The predicted octanol–water partition coefficient (Wildman–Crippen LogP) is 3.80. The first-order valence-corrected chi connectivity index (χ1v) is 10.1. The van der Waals surface area contributed by atoms with Crippen LogP contribution in [0.25, 0.3) is 22.2 Å². The predicted molar refractivity (Wildman–Crippen MR) is 120 cm³/mol. The number of fused-ring (bicyclic) bond motifs is 1. The fraction of sp³-hybridized carbons (Fsp3) is 0.273. The standard InChI is InChI=1S/C22H22N4O4S/c1-4-29-16(27)12-26(31)20-18-17(14-9-7-6-8-10-14)15(11-23)13(3)24-21(18)25-19(20)22(28)30-5-2/h6-10,31H,4-5,12H2,1-3H3,(H,24,25). The molecule has 31 heavy (non-hydrogen) atoms. The summed E-state index contributed by atoms with van der Waals surface area (Å²) in [7, 11) is 0. The molecule has 160 valence electrons. The Morgan fingerprint density at radius 2 is 1.87 bits per heavy atom. The summed E-state index contributed by atoms with van der Waals surface area (Å²) >= 11 is 4.47. The molecule has 0 atom stereocenters. The lowest BCUT2D eigenvalue weighted by Gasteiger charge is -2.19. The summed E-state index contributed by atoms with van der Waals surface area (Å²) in [6, 6.07) is 11.5. The number of rotatable bonds is 7. The molecule has 0 aliphatic rings. The van der Waals surface area contributed by atoms with E-state index in [4.69, 9.17) is 9.47 Å². The van der Waals surface area contributed by atoms with Crippen LogP contribution in [-0.4, -0.2) is 41.7 Å². The second-order valence-corrected chi connectivity index (χ2v) is 7.06. The largest absolute Gasteiger partial charge is 0.465 e. The van der Waals surface area contributed by atoms with Gasteiger partial charge in [-0.05, 0) is 26.3 Å². The van der Waals surface area contributed by atoms with Crippen molar-refractivity contribution in [1.82, 2.24) is 9.97 Å². The van der Waals surface area contributed by atoms with E-state index in [0.717, 1.165) is 5.56 Å². The summed E-state index contributed by atoms with van der Waals surface area (Å²) < 4.78 is 11.5. The molecule has 0 spiro atoms. The summed E-state index contributed by atoms with van der Waals surface area (Å²) in [5.74, 6) is -1.13. The highest BCUT2D eigenvalue weighted by atomic mass is 32.1. The van der Waals surface area contributed by atoms with Crippen LogP contribution in [0.5, 0.6) is 0 Å². The van der Waals surface area contributed by atoms with Crippen LogP contribution in [0.2, 0.25) is 0 Å². The average molecular weight is 439 g/mol. The number of esters is 2. The van der Waals surface area contributed by atoms with E-state index in [1.807, 2.05) is 30.3 Å². The molecular weight excluding hydrogens is 416 g/mol. The molecule has 9 heteroatoms. The first-order chi connectivity index (χ1) is 14.9. The van der Waals surface area contributed by atoms with Crippen molar-refractivity contribution in [3.63, 3.8) is 0 Å². The molecule has 0 saturated heterocycles. The number of carbonyl (C=O) groups excluding carboxylic acids is 2. The smallest absolute Gasteiger partial charge is 0.357 e. The van der Waals surface area contributed by atoms with Crippen molar-refractivity contribution in [3.8, 4) is 17.2 Å². The molecular formula is C22H22N4O4S. The van der Waals surface area contributed by atoms with Gasteiger partial charge in [-0.15, -0.1) is 0 Å². The van der Waals surface area contributed by atoms with Gasteiger partial charge in [0.05, 0.1) is 35.5 Å². The zero-order chi connectivity index (χ0) is 22.5. The number of aromatic nitrogens is 2. The Morgan fingerprint density at radius 1 is 1.19 bits per heavy atom. The number of nitrogens with one attached hydrogen (secondary N) is 1. The molecule has 0 unspecified atom stereocenters. The second kappa shape index (κ2) is 9.53. The number of anilines is 1. The lowest BCUT2D eigenvalue weighted by atomic mass is 9.96. The van der Waals surface area contributed by atoms with E-state index in [2.05, 4.69) is 28.9 Å². The molecule has 2 heterocycles. The van der Waals surface area contributed by atoms with Crippen LogP contribution in [0.3, 0.4) is 0 Å². The number of hydrogen-bond donors (Lipinski definition) is 2. The number of H-pyrrole nitrogens is 1. The van der Waals surface area contributed by atoms with Crippen LogP contribution in [0.4, 0.5) is 5.69 Å². The van der Waals surface area contributed by atoms with E-state index in [9.17, 15) is 14.9 Å². The third-order valence-corrected chi connectivity index (χ3v) is 4.93. The Balaban J connectivity index is 2.37. The maximum atomic E-state index is 12.7. The molecule has 8 nitrogen and oxygen atoms in total. The van der Waals surface area contributed by atoms with Gasteiger partial charge in [-0.25, -0.2) is 9.78 Å². The number of carbonyl (C=O) groups is 2. The summed E-state index contributed by atoms with van der Waals surface area (Å²) in [6.45, 7) is 5.29. The lowest BCUT2D eigenvalue weighted by molar-refractivity contribution is -0.141. The van der Waals surface area contributed by atoms with Crippen LogP contribution >= 0.6 is 12.8 Å². The SMILES string of the molecule is CCOC(=O)CN(S)c1c(C(=O)OCC)[nH]c2nc(C)c(C#N)c(-c3ccccc3)c12. The number of pyridine rings is 1. The zero-order valence-electron chi connectivity index (χ0n) is 17.4. The molecule has 0 aliphatic heterocycles. The van der Waals surface area contributed by atoms with E-state index < -0.39 is 11.9 Å². The molecule has 0 saturated carbocycles. The zero-order valence-corrected chi connectivity index (χ0v) is 18.3. The minimum atomic E-state index is -0.617. The summed E-state index contributed by atoms with van der Waals surface area (Å²) in [5, 5.41) is 10.4. The second-order valence-electron chi connectivity index (χ2n) is 6.58. The van der Waals surface area contributed by atoms with Crippen LogP contribution in [-0.2, 0) is 14.3 Å². The molecule has 0 aliphatic carbocycles. The van der Waals surface area contributed by atoms with Crippen molar-refractivity contribution < 1.29 is 19.1 Å². The Kier molecular flexibility index (Phi) is 6.82. The quantitative estimate of drug-likeness (QED) is 0.427. The van der Waals surface area contributed by atoms with Gasteiger partial charge >= 0.3 is 11.9 Å². The number of aromatic amines is 1. The van der Waals surface area contributed by atoms with Gasteiger partial charge in [0.25, 0.3) is 0 Å². The lowest BCUT2D eigenvalue weighted by Crippen LogP contribution is -2.24. The van der Waals surface area contributed by atoms with Crippen molar-refractivity contribution >= 4 is 41.5 Å².